The van der Waals surface area contributed by atoms with Crippen molar-refractivity contribution in [1.29, 1.82) is 0 Å². The van der Waals surface area contributed by atoms with E-state index in [1.165, 1.54) is 37.5 Å². The van der Waals surface area contributed by atoms with Crippen molar-refractivity contribution in [2.45, 2.75) is 37.4 Å². The molecule has 2 rings (SSSR count). The summed E-state index contributed by atoms with van der Waals surface area (Å²) in [5.74, 6) is 0.0878. The Bertz CT molecular complexity index is 533. The first-order chi connectivity index (χ1) is 10.1. The van der Waals surface area contributed by atoms with E-state index in [0.29, 0.717) is 16.0 Å². The zero-order valence-corrected chi connectivity index (χ0v) is 13.1. The average molecular weight is 329 g/mol. The van der Waals surface area contributed by atoms with Crippen LogP contribution in [0.15, 0.2) is 18.2 Å². The van der Waals surface area contributed by atoms with Crippen LogP contribution in [0.2, 0.25) is 5.02 Å². The van der Waals surface area contributed by atoms with Crippen LogP contribution in [0.3, 0.4) is 0 Å². The van der Waals surface area contributed by atoms with Gasteiger partial charge in [-0.15, -0.1) is 11.8 Å². The predicted octanol–water partition coefficient (Wildman–Crippen LogP) is 4.25. The van der Waals surface area contributed by atoms with Crippen LogP contribution < -0.4 is 5.32 Å². The molecule has 1 aliphatic rings. The van der Waals surface area contributed by atoms with Crippen molar-refractivity contribution in [2.75, 3.05) is 11.1 Å². The number of nitrogens with one attached hydrogen (secondary N) is 1. The molecule has 0 unspecified atom stereocenters. The first-order valence-corrected chi connectivity index (χ1v) is 8.34. The van der Waals surface area contributed by atoms with Gasteiger partial charge in [0.25, 0.3) is 5.69 Å². The summed E-state index contributed by atoms with van der Waals surface area (Å²) < 4.78 is 0. The zero-order chi connectivity index (χ0) is 15.2. The molecule has 7 heteroatoms. The molecule has 21 heavy (non-hydrogen) atoms. The van der Waals surface area contributed by atoms with E-state index in [0.717, 1.165) is 12.8 Å². The molecule has 1 saturated carbocycles. The van der Waals surface area contributed by atoms with Crippen molar-refractivity contribution < 1.29 is 9.72 Å². The summed E-state index contributed by atoms with van der Waals surface area (Å²) in [7, 11) is 0. The van der Waals surface area contributed by atoms with Gasteiger partial charge in [-0.25, -0.2) is 0 Å². The highest BCUT2D eigenvalue weighted by molar-refractivity contribution is 8.00. The standard InChI is InChI=1S/C14H17ClN2O3S/c15-10-6-7-13(17(19)20)12(8-10)16-14(18)9-21-11-4-2-1-3-5-11/h6-8,11H,1-5,9H2,(H,16,18). The van der Waals surface area contributed by atoms with Gasteiger partial charge in [0, 0.05) is 16.3 Å². The van der Waals surface area contributed by atoms with E-state index < -0.39 is 4.92 Å². The van der Waals surface area contributed by atoms with Crippen LogP contribution in [-0.2, 0) is 4.79 Å². The SMILES string of the molecule is O=C(CSC1CCCCC1)Nc1cc(Cl)ccc1[N+](=O)[O-]. The number of amides is 1. The number of benzene rings is 1. The Morgan fingerprint density at radius 1 is 1.38 bits per heavy atom. The normalized spacial score (nSPS) is 15.7. The maximum Gasteiger partial charge on any atom is 0.292 e. The third-order valence-electron chi connectivity index (χ3n) is 3.43. The summed E-state index contributed by atoms with van der Waals surface area (Å²) in [6.07, 6.45) is 6.01. The quantitative estimate of drug-likeness (QED) is 0.647. The van der Waals surface area contributed by atoms with E-state index in [9.17, 15) is 14.9 Å². The Morgan fingerprint density at radius 2 is 2.10 bits per heavy atom. The van der Waals surface area contributed by atoms with Crippen LogP contribution in [0.25, 0.3) is 0 Å². The smallest absolute Gasteiger partial charge is 0.292 e. The number of nitro groups is 1. The highest BCUT2D eigenvalue weighted by atomic mass is 35.5. The fraction of sp³-hybridized carbons (Fsp3) is 0.500. The van der Waals surface area contributed by atoms with Gasteiger partial charge in [-0.1, -0.05) is 30.9 Å². The van der Waals surface area contributed by atoms with Crippen molar-refractivity contribution in [3.63, 3.8) is 0 Å². The van der Waals surface area contributed by atoms with E-state index in [1.54, 1.807) is 11.8 Å². The maximum absolute atomic E-state index is 11.9. The molecular weight excluding hydrogens is 312 g/mol. The summed E-state index contributed by atoms with van der Waals surface area (Å²) in [5, 5.41) is 14.4. The molecule has 0 bridgehead atoms. The molecule has 0 spiro atoms. The van der Waals surface area contributed by atoms with Crippen LogP contribution in [0.4, 0.5) is 11.4 Å². The van der Waals surface area contributed by atoms with E-state index in [1.807, 2.05) is 0 Å². The van der Waals surface area contributed by atoms with E-state index in [-0.39, 0.29) is 17.3 Å². The predicted molar refractivity (Wildman–Crippen MR) is 86.1 cm³/mol. The molecule has 0 aliphatic heterocycles. The Balaban J connectivity index is 1.92. The Labute approximate surface area is 132 Å². The second kappa shape index (κ2) is 7.66. The highest BCUT2D eigenvalue weighted by Crippen LogP contribution is 2.30. The summed E-state index contributed by atoms with van der Waals surface area (Å²) in [4.78, 5) is 22.3. The summed E-state index contributed by atoms with van der Waals surface area (Å²) in [6.45, 7) is 0. The minimum absolute atomic E-state index is 0.143. The number of carbonyl (C=O) groups is 1. The number of nitrogens with zero attached hydrogens (tertiary/aromatic N) is 1. The third kappa shape index (κ3) is 4.89. The van der Waals surface area contributed by atoms with Crippen LogP contribution in [0.1, 0.15) is 32.1 Å². The van der Waals surface area contributed by atoms with Crippen molar-refractivity contribution in [3.8, 4) is 0 Å². The lowest BCUT2D eigenvalue weighted by Crippen LogP contribution is -2.18. The highest BCUT2D eigenvalue weighted by Gasteiger charge is 2.18. The van der Waals surface area contributed by atoms with Gasteiger partial charge in [0.15, 0.2) is 0 Å². The van der Waals surface area contributed by atoms with Crippen LogP contribution >= 0.6 is 23.4 Å². The second-order valence-corrected chi connectivity index (χ2v) is 6.76. The average Bonchev–Trinajstić information content (AvgIpc) is 2.46. The summed E-state index contributed by atoms with van der Waals surface area (Å²) in [6, 6.07) is 4.14. The number of nitro benzene ring substituents is 1. The Kier molecular flexibility index (Phi) is 5.87. The largest absolute Gasteiger partial charge is 0.320 e. The number of carbonyl (C=O) groups excluding carboxylic acids is 1. The molecule has 0 radical (unpaired) electrons. The molecular formula is C14H17ClN2O3S. The first kappa shape index (κ1) is 16.1. The van der Waals surface area contributed by atoms with Gasteiger partial charge in [-0.05, 0) is 25.0 Å². The van der Waals surface area contributed by atoms with Gasteiger partial charge in [-0.2, -0.15) is 0 Å². The molecule has 1 aromatic rings. The molecule has 0 atom stereocenters. The van der Waals surface area contributed by atoms with Crippen molar-refractivity contribution in [1.82, 2.24) is 0 Å². The number of hydrogen-bond acceptors (Lipinski definition) is 4. The third-order valence-corrected chi connectivity index (χ3v) is 5.04. The minimum Gasteiger partial charge on any atom is -0.320 e. The fourth-order valence-electron chi connectivity index (χ4n) is 2.38. The van der Waals surface area contributed by atoms with Gasteiger partial charge >= 0.3 is 0 Å². The zero-order valence-electron chi connectivity index (χ0n) is 11.5. The summed E-state index contributed by atoms with van der Waals surface area (Å²) >= 11 is 7.45. The monoisotopic (exact) mass is 328 g/mol. The van der Waals surface area contributed by atoms with Crippen LogP contribution in [0, 0.1) is 10.1 Å². The van der Waals surface area contributed by atoms with E-state index in [2.05, 4.69) is 5.32 Å². The molecule has 5 nitrogen and oxygen atoms in total. The second-order valence-electron chi connectivity index (χ2n) is 5.04. The lowest BCUT2D eigenvalue weighted by molar-refractivity contribution is -0.383. The van der Waals surface area contributed by atoms with Crippen LogP contribution in [0.5, 0.6) is 0 Å². The van der Waals surface area contributed by atoms with Crippen molar-refractivity contribution in [3.05, 3.63) is 33.3 Å². The van der Waals surface area contributed by atoms with Crippen molar-refractivity contribution >= 4 is 40.6 Å². The first-order valence-electron chi connectivity index (χ1n) is 6.91. The number of hydrogen-bond donors (Lipinski definition) is 1. The lowest BCUT2D eigenvalue weighted by Gasteiger charge is -2.20. The van der Waals surface area contributed by atoms with Gasteiger partial charge in [0.2, 0.25) is 5.91 Å². The van der Waals surface area contributed by atoms with Gasteiger partial charge in [-0.3, -0.25) is 14.9 Å². The van der Waals surface area contributed by atoms with Gasteiger partial charge in [0.1, 0.15) is 5.69 Å². The topological polar surface area (TPSA) is 72.2 Å². The fourth-order valence-corrected chi connectivity index (χ4v) is 3.68. The Hall–Kier alpha value is -1.27. The van der Waals surface area contributed by atoms with Crippen molar-refractivity contribution in [2.24, 2.45) is 0 Å². The summed E-state index contributed by atoms with van der Waals surface area (Å²) in [5.41, 5.74) is 0.0113. The molecule has 0 saturated heterocycles. The van der Waals surface area contributed by atoms with E-state index in [4.69, 9.17) is 11.6 Å². The number of anilines is 1. The maximum atomic E-state index is 11.9. The molecule has 114 valence electrons. The van der Waals surface area contributed by atoms with E-state index >= 15 is 0 Å². The Morgan fingerprint density at radius 3 is 2.76 bits per heavy atom. The van der Waals surface area contributed by atoms with Gasteiger partial charge in [0.05, 0.1) is 10.7 Å². The molecule has 0 aromatic heterocycles. The van der Waals surface area contributed by atoms with Gasteiger partial charge < -0.3 is 5.32 Å². The molecule has 1 fully saturated rings. The molecule has 1 aromatic carbocycles. The molecule has 1 N–H and O–H groups in total. The molecule has 0 heterocycles. The van der Waals surface area contributed by atoms with Crippen LogP contribution in [-0.4, -0.2) is 21.8 Å². The number of thioether (sulfide) groups is 1. The molecule has 1 amide bonds. The molecule has 1 aliphatic carbocycles. The minimum atomic E-state index is -0.528. The number of rotatable bonds is 5. The lowest BCUT2D eigenvalue weighted by atomic mass is 10.0. The number of halogens is 1.